The monoisotopic (exact) mass is 461 g/mol. The lowest BCUT2D eigenvalue weighted by molar-refractivity contribution is -0.394. The molecule has 0 spiro atoms. The van der Waals surface area contributed by atoms with Crippen LogP contribution >= 0.6 is 11.3 Å². The first-order chi connectivity index (χ1) is 15.9. The number of hydrogen-bond acceptors (Lipinski definition) is 9. The highest BCUT2D eigenvalue weighted by Gasteiger charge is 2.18. The number of ether oxygens (including phenoxy) is 1. The Morgan fingerprint density at radius 3 is 2.30 bits per heavy atom. The van der Waals surface area contributed by atoms with Crippen LogP contribution in [0.4, 0.5) is 11.4 Å². The number of benzene rings is 3. The third-order valence-corrected chi connectivity index (χ3v) is 5.83. The molecule has 0 N–H and O–H groups in total. The molecule has 2 aromatic heterocycles. The van der Waals surface area contributed by atoms with Gasteiger partial charge in [0, 0.05) is 11.5 Å². The van der Waals surface area contributed by atoms with Crippen LogP contribution in [0.25, 0.3) is 31.8 Å². The van der Waals surface area contributed by atoms with Crippen LogP contribution in [0.5, 0.6) is 11.5 Å². The van der Waals surface area contributed by atoms with Crippen molar-refractivity contribution in [2.75, 3.05) is 0 Å². The predicted octanol–water partition coefficient (Wildman–Crippen LogP) is 5.68. The molecule has 0 amide bonds. The predicted molar refractivity (Wildman–Crippen MR) is 121 cm³/mol. The van der Waals surface area contributed by atoms with Crippen LogP contribution in [0.15, 0.2) is 75.9 Å². The number of aromatic nitrogens is 1. The molecule has 2 heterocycles. The molecule has 0 saturated heterocycles. The van der Waals surface area contributed by atoms with Gasteiger partial charge in [-0.25, -0.2) is 9.78 Å². The molecule has 0 saturated carbocycles. The van der Waals surface area contributed by atoms with Crippen LogP contribution in [0.3, 0.4) is 0 Å². The zero-order chi connectivity index (χ0) is 23.1. The fourth-order valence-corrected chi connectivity index (χ4v) is 4.23. The highest BCUT2D eigenvalue weighted by molar-refractivity contribution is 7.21. The first kappa shape index (κ1) is 20.3. The molecular weight excluding hydrogens is 450 g/mol. The van der Waals surface area contributed by atoms with Gasteiger partial charge in [0.15, 0.2) is 0 Å². The lowest BCUT2D eigenvalue weighted by Gasteiger charge is -2.07. The first-order valence-corrected chi connectivity index (χ1v) is 10.2. The van der Waals surface area contributed by atoms with Crippen molar-refractivity contribution in [2.45, 2.75) is 0 Å². The molecule has 0 atom stereocenters. The van der Waals surface area contributed by atoms with Gasteiger partial charge in [-0.15, -0.1) is 11.3 Å². The van der Waals surface area contributed by atoms with E-state index in [4.69, 9.17) is 9.15 Å². The Morgan fingerprint density at radius 2 is 1.61 bits per heavy atom. The zero-order valence-corrected chi connectivity index (χ0v) is 17.3. The highest BCUT2D eigenvalue weighted by Crippen LogP contribution is 2.33. The Bertz CT molecular complexity index is 1580. The Labute approximate surface area is 187 Å². The molecule has 0 radical (unpaired) electrons. The number of fused-ring (bicyclic) bond motifs is 2. The molecule has 5 aromatic rings. The van der Waals surface area contributed by atoms with E-state index >= 15 is 0 Å². The topological polar surface area (TPSA) is 139 Å². The average Bonchev–Trinajstić information content (AvgIpc) is 3.22. The van der Waals surface area contributed by atoms with Crippen molar-refractivity contribution in [1.82, 2.24) is 4.98 Å². The average molecular weight is 461 g/mol. The van der Waals surface area contributed by atoms with E-state index in [0.717, 1.165) is 28.4 Å². The van der Waals surface area contributed by atoms with Gasteiger partial charge >= 0.3 is 5.63 Å². The second-order valence-corrected chi connectivity index (χ2v) is 7.97. The molecule has 0 fully saturated rings. The van der Waals surface area contributed by atoms with Gasteiger partial charge in [0.05, 0.1) is 43.8 Å². The number of nitrogens with zero attached hydrogens (tertiary/aromatic N) is 3. The van der Waals surface area contributed by atoms with Crippen molar-refractivity contribution in [2.24, 2.45) is 0 Å². The van der Waals surface area contributed by atoms with Gasteiger partial charge in [-0.05, 0) is 30.3 Å². The normalized spacial score (nSPS) is 11.0. The van der Waals surface area contributed by atoms with E-state index in [1.807, 2.05) is 24.3 Å². The van der Waals surface area contributed by atoms with E-state index in [2.05, 4.69) is 4.98 Å². The fraction of sp³-hybridized carbons (Fsp3) is 0. The van der Waals surface area contributed by atoms with Gasteiger partial charge in [0.2, 0.25) is 0 Å². The second kappa shape index (κ2) is 7.80. The Hall–Kier alpha value is -4.64. The summed E-state index contributed by atoms with van der Waals surface area (Å²) in [5.74, 6) is 0.0943. The van der Waals surface area contributed by atoms with E-state index in [1.165, 1.54) is 17.4 Å². The molecule has 0 aliphatic rings. The maximum atomic E-state index is 12.6. The molecule has 0 bridgehead atoms. The minimum absolute atomic E-state index is 0.0938. The SMILES string of the molecule is O=c1oc2cc(Oc3cc([N+](=O)[O-])cc([N+](=O)[O-])c3)ccc2cc1-c1nc2ccccc2s1. The van der Waals surface area contributed by atoms with E-state index in [9.17, 15) is 25.0 Å². The molecule has 0 aliphatic heterocycles. The highest BCUT2D eigenvalue weighted by atomic mass is 32.1. The van der Waals surface area contributed by atoms with E-state index in [0.29, 0.717) is 16.0 Å². The van der Waals surface area contributed by atoms with Crippen molar-refractivity contribution in [3.05, 3.63) is 97.4 Å². The van der Waals surface area contributed by atoms with Crippen LogP contribution in [-0.2, 0) is 0 Å². The number of para-hydroxylation sites is 1. The van der Waals surface area contributed by atoms with Gasteiger partial charge in [-0.2, -0.15) is 0 Å². The molecule has 10 nitrogen and oxygen atoms in total. The lowest BCUT2D eigenvalue weighted by atomic mass is 10.2. The van der Waals surface area contributed by atoms with E-state index in [1.54, 1.807) is 18.2 Å². The van der Waals surface area contributed by atoms with Crippen LogP contribution in [-0.4, -0.2) is 14.8 Å². The number of thiazole rings is 1. The van der Waals surface area contributed by atoms with Crippen LogP contribution < -0.4 is 10.4 Å². The van der Waals surface area contributed by atoms with Crippen molar-refractivity contribution < 1.29 is 19.0 Å². The summed E-state index contributed by atoms with van der Waals surface area (Å²) in [4.78, 5) is 37.8. The quantitative estimate of drug-likeness (QED) is 0.185. The zero-order valence-electron chi connectivity index (χ0n) is 16.5. The molecule has 33 heavy (non-hydrogen) atoms. The fourth-order valence-electron chi connectivity index (χ4n) is 3.27. The number of nitro groups is 2. The lowest BCUT2D eigenvalue weighted by Crippen LogP contribution is -2.02. The number of rotatable bonds is 5. The second-order valence-electron chi connectivity index (χ2n) is 6.94. The van der Waals surface area contributed by atoms with Crippen LogP contribution in [0.1, 0.15) is 0 Å². The van der Waals surface area contributed by atoms with Gasteiger partial charge < -0.3 is 9.15 Å². The largest absolute Gasteiger partial charge is 0.457 e. The summed E-state index contributed by atoms with van der Waals surface area (Å²) in [6.07, 6.45) is 0. The smallest absolute Gasteiger partial charge is 0.346 e. The minimum Gasteiger partial charge on any atom is -0.457 e. The van der Waals surface area contributed by atoms with E-state index < -0.39 is 26.8 Å². The van der Waals surface area contributed by atoms with Gasteiger partial charge in [-0.1, -0.05) is 12.1 Å². The summed E-state index contributed by atoms with van der Waals surface area (Å²) in [7, 11) is 0. The summed E-state index contributed by atoms with van der Waals surface area (Å²) in [6, 6.07) is 16.8. The minimum atomic E-state index is -0.747. The standard InChI is InChI=1S/C22H11N3O7S/c26-22-17(21-23-18-3-1-2-4-20(18)33-21)7-12-5-6-15(11-19(12)32-22)31-16-9-13(24(27)28)8-14(10-16)25(29)30/h1-11H. The molecule has 162 valence electrons. The maximum absolute atomic E-state index is 12.6. The molecule has 11 heteroatoms. The summed E-state index contributed by atoms with van der Waals surface area (Å²) in [6.45, 7) is 0. The van der Waals surface area contributed by atoms with Gasteiger partial charge in [-0.3, -0.25) is 20.2 Å². The van der Waals surface area contributed by atoms with Crippen molar-refractivity contribution in [1.29, 1.82) is 0 Å². The summed E-state index contributed by atoms with van der Waals surface area (Å²) in [5.41, 5.74) is -0.204. The van der Waals surface area contributed by atoms with Crippen molar-refractivity contribution >= 4 is 43.9 Å². The molecule has 0 unspecified atom stereocenters. The Kier molecular flexibility index (Phi) is 4.79. The third kappa shape index (κ3) is 3.88. The molecule has 0 aliphatic carbocycles. The molecular formula is C22H11N3O7S. The van der Waals surface area contributed by atoms with Crippen LogP contribution in [0.2, 0.25) is 0 Å². The number of hydrogen-bond donors (Lipinski definition) is 0. The molecule has 3 aromatic carbocycles. The van der Waals surface area contributed by atoms with Crippen molar-refractivity contribution in [3.63, 3.8) is 0 Å². The van der Waals surface area contributed by atoms with Gasteiger partial charge in [0.25, 0.3) is 11.4 Å². The van der Waals surface area contributed by atoms with Crippen molar-refractivity contribution in [3.8, 4) is 22.1 Å². The van der Waals surface area contributed by atoms with Gasteiger partial charge in [0.1, 0.15) is 22.1 Å². The first-order valence-electron chi connectivity index (χ1n) is 9.43. The summed E-state index contributed by atoms with van der Waals surface area (Å²) in [5, 5.41) is 23.3. The summed E-state index contributed by atoms with van der Waals surface area (Å²) >= 11 is 1.38. The number of non-ortho nitro benzene ring substituents is 2. The Morgan fingerprint density at radius 1 is 0.879 bits per heavy atom. The number of nitro benzene ring substituents is 2. The third-order valence-electron chi connectivity index (χ3n) is 4.77. The maximum Gasteiger partial charge on any atom is 0.346 e. The summed E-state index contributed by atoms with van der Waals surface area (Å²) < 4.78 is 12.0. The molecule has 5 rings (SSSR count). The Balaban J connectivity index is 1.52. The van der Waals surface area contributed by atoms with Crippen LogP contribution in [0, 0.1) is 20.2 Å². The van der Waals surface area contributed by atoms with E-state index in [-0.39, 0.29) is 17.1 Å².